The average molecular weight is 333 g/mol. The Hall–Kier alpha value is -1.55. The maximum Gasteiger partial charge on any atom is 0.0909 e. The molecule has 1 aliphatic heterocycles. The van der Waals surface area contributed by atoms with Crippen LogP contribution in [-0.2, 0) is 6.42 Å². The molecule has 2 aromatic carbocycles. The molecule has 0 spiro atoms. The van der Waals surface area contributed by atoms with Crippen molar-refractivity contribution in [3.05, 3.63) is 65.2 Å². The van der Waals surface area contributed by atoms with Crippen LogP contribution in [0.15, 0.2) is 48.5 Å². The fraction of sp³-hybridized carbons (Fsp3) is 0.368. The number of para-hydroxylation sites is 1. The largest absolute Gasteiger partial charge is 0.389 e. The van der Waals surface area contributed by atoms with Gasteiger partial charge in [-0.2, -0.15) is 0 Å². The van der Waals surface area contributed by atoms with Crippen LogP contribution in [0.3, 0.4) is 0 Å². The number of nitrogens with one attached hydrogen (secondary N) is 1. The van der Waals surface area contributed by atoms with Gasteiger partial charge in [0.15, 0.2) is 0 Å². The highest BCUT2D eigenvalue weighted by Crippen LogP contribution is 2.38. The van der Waals surface area contributed by atoms with Gasteiger partial charge in [-0.3, -0.25) is 0 Å². The van der Waals surface area contributed by atoms with Crippen LogP contribution in [0.1, 0.15) is 22.7 Å². The number of anilines is 1. The normalized spacial score (nSPS) is 15.7. The molecule has 124 valence electrons. The summed E-state index contributed by atoms with van der Waals surface area (Å²) >= 11 is 0. The van der Waals surface area contributed by atoms with Crippen LogP contribution in [0.25, 0.3) is 0 Å². The van der Waals surface area contributed by atoms with Crippen molar-refractivity contribution in [3.8, 4) is 0 Å². The maximum absolute atomic E-state index is 10.7. The molecule has 0 fully saturated rings. The van der Waals surface area contributed by atoms with Gasteiger partial charge in [0.1, 0.15) is 0 Å². The first-order valence-corrected chi connectivity index (χ1v) is 7.95. The van der Waals surface area contributed by atoms with Crippen molar-refractivity contribution in [2.75, 3.05) is 25.0 Å². The molecule has 0 unspecified atom stereocenters. The van der Waals surface area contributed by atoms with Gasteiger partial charge in [-0.25, -0.2) is 0 Å². The lowest BCUT2D eigenvalue weighted by atomic mass is 9.98. The molecule has 1 heterocycles. The highest BCUT2D eigenvalue weighted by molar-refractivity contribution is 5.85. The number of likely N-dealkylation sites (N-methyl/N-ethyl adjacent to an activating group) is 1. The molecule has 0 amide bonds. The summed E-state index contributed by atoms with van der Waals surface area (Å²) < 4.78 is 0. The zero-order valence-corrected chi connectivity index (χ0v) is 14.5. The van der Waals surface area contributed by atoms with Gasteiger partial charge < -0.3 is 15.3 Å². The summed E-state index contributed by atoms with van der Waals surface area (Å²) in [5.41, 5.74) is 5.14. The highest BCUT2D eigenvalue weighted by Gasteiger charge is 2.32. The van der Waals surface area contributed by atoms with Crippen molar-refractivity contribution in [3.63, 3.8) is 0 Å². The average Bonchev–Trinajstić information content (AvgIpc) is 2.94. The first-order chi connectivity index (χ1) is 10.7. The fourth-order valence-corrected chi connectivity index (χ4v) is 3.54. The summed E-state index contributed by atoms with van der Waals surface area (Å²) in [5.74, 6) is 0. The van der Waals surface area contributed by atoms with E-state index in [1.54, 1.807) is 0 Å². The quantitative estimate of drug-likeness (QED) is 0.883. The molecular formula is C19H25ClN2O. The number of nitrogens with zero attached hydrogens (tertiary/aromatic N) is 1. The summed E-state index contributed by atoms with van der Waals surface area (Å²) in [5, 5.41) is 13.8. The summed E-state index contributed by atoms with van der Waals surface area (Å²) in [7, 11) is 1.88. The molecule has 0 saturated carbocycles. The van der Waals surface area contributed by atoms with Crippen LogP contribution in [0, 0.1) is 6.92 Å². The molecule has 2 atom stereocenters. The maximum atomic E-state index is 10.7. The molecular weight excluding hydrogens is 308 g/mol. The van der Waals surface area contributed by atoms with Crippen LogP contribution >= 0.6 is 12.4 Å². The summed E-state index contributed by atoms with van der Waals surface area (Å²) in [6.07, 6.45) is 0.602. The molecule has 23 heavy (non-hydrogen) atoms. The molecule has 0 aliphatic carbocycles. The van der Waals surface area contributed by atoms with Crippen molar-refractivity contribution in [1.29, 1.82) is 0 Å². The van der Waals surface area contributed by atoms with E-state index in [0.29, 0.717) is 6.54 Å². The molecule has 0 radical (unpaired) electrons. The fourth-order valence-electron chi connectivity index (χ4n) is 3.54. The standard InChI is InChI=1S/C19H24N2O.ClH/c1-14-7-6-10-16-11-12-21(18(14)16)19(17(22)13-20-2)15-8-4-3-5-9-15;/h3-10,17,19-20,22H,11-13H2,1-2H3;1H/t17-,19+;/m1./s1. The van der Waals surface area contributed by atoms with E-state index in [1.807, 2.05) is 25.2 Å². The Balaban J connectivity index is 0.00000192. The zero-order chi connectivity index (χ0) is 15.5. The number of aryl methyl sites for hydroxylation is 1. The molecule has 3 nitrogen and oxygen atoms in total. The van der Waals surface area contributed by atoms with Crippen molar-refractivity contribution in [2.24, 2.45) is 0 Å². The number of hydrogen-bond acceptors (Lipinski definition) is 3. The Morgan fingerprint density at radius 3 is 2.57 bits per heavy atom. The van der Waals surface area contributed by atoms with E-state index in [2.05, 4.69) is 47.5 Å². The second-order valence-corrected chi connectivity index (χ2v) is 6.01. The number of aliphatic hydroxyl groups is 1. The van der Waals surface area contributed by atoms with Gasteiger partial charge in [-0.05, 0) is 37.1 Å². The van der Waals surface area contributed by atoms with E-state index in [1.165, 1.54) is 22.4 Å². The van der Waals surface area contributed by atoms with Crippen molar-refractivity contribution >= 4 is 18.1 Å². The third kappa shape index (κ3) is 3.52. The minimum absolute atomic E-state index is 0. The number of aliphatic hydroxyl groups excluding tert-OH is 1. The van der Waals surface area contributed by atoms with Gasteiger partial charge in [0, 0.05) is 18.8 Å². The van der Waals surface area contributed by atoms with Crippen molar-refractivity contribution < 1.29 is 5.11 Å². The number of halogens is 1. The van der Waals surface area contributed by atoms with Crippen LogP contribution in [-0.4, -0.2) is 31.3 Å². The first kappa shape index (κ1) is 17.8. The predicted octanol–water partition coefficient (Wildman–Crippen LogP) is 3.10. The van der Waals surface area contributed by atoms with Crippen molar-refractivity contribution in [1.82, 2.24) is 5.32 Å². The number of hydrogen-bond donors (Lipinski definition) is 2. The Morgan fingerprint density at radius 2 is 1.87 bits per heavy atom. The third-order valence-electron chi connectivity index (χ3n) is 4.49. The van der Waals surface area contributed by atoms with Gasteiger partial charge in [0.2, 0.25) is 0 Å². The molecule has 0 saturated heterocycles. The smallest absolute Gasteiger partial charge is 0.0909 e. The molecule has 2 N–H and O–H groups in total. The highest BCUT2D eigenvalue weighted by atomic mass is 35.5. The zero-order valence-electron chi connectivity index (χ0n) is 13.7. The van der Waals surface area contributed by atoms with Crippen molar-refractivity contribution in [2.45, 2.75) is 25.5 Å². The SMILES string of the molecule is CNC[C@@H](O)[C@H](c1ccccc1)N1CCc2cccc(C)c21.Cl. The number of fused-ring (bicyclic) bond motifs is 1. The third-order valence-corrected chi connectivity index (χ3v) is 4.49. The second kappa shape index (κ2) is 7.82. The lowest BCUT2D eigenvalue weighted by Gasteiger charge is -2.35. The lowest BCUT2D eigenvalue weighted by Crippen LogP contribution is -2.40. The van der Waals surface area contributed by atoms with Crippen LogP contribution in [0.2, 0.25) is 0 Å². The van der Waals surface area contributed by atoms with Gasteiger partial charge >= 0.3 is 0 Å². The van der Waals surface area contributed by atoms with E-state index in [4.69, 9.17) is 0 Å². The monoisotopic (exact) mass is 332 g/mol. The second-order valence-electron chi connectivity index (χ2n) is 6.01. The minimum atomic E-state index is -0.446. The molecule has 0 aromatic heterocycles. The minimum Gasteiger partial charge on any atom is -0.389 e. The van der Waals surface area contributed by atoms with Crippen LogP contribution < -0.4 is 10.2 Å². The van der Waals surface area contributed by atoms with Crippen LogP contribution in [0.4, 0.5) is 5.69 Å². The van der Waals surface area contributed by atoms with E-state index in [0.717, 1.165) is 13.0 Å². The van der Waals surface area contributed by atoms with E-state index in [9.17, 15) is 5.11 Å². The van der Waals surface area contributed by atoms with Gasteiger partial charge in [0.05, 0.1) is 12.1 Å². The molecule has 2 aromatic rings. The Morgan fingerprint density at radius 1 is 1.13 bits per heavy atom. The Labute approximate surface area is 144 Å². The Bertz CT molecular complexity index is 633. The molecule has 1 aliphatic rings. The summed E-state index contributed by atoms with van der Waals surface area (Å²) in [6, 6.07) is 16.8. The Kier molecular flexibility index (Phi) is 6.05. The van der Waals surface area contributed by atoms with E-state index < -0.39 is 6.10 Å². The predicted molar refractivity (Wildman–Crippen MR) is 98.6 cm³/mol. The molecule has 0 bridgehead atoms. The number of rotatable bonds is 5. The first-order valence-electron chi connectivity index (χ1n) is 7.95. The van der Waals surface area contributed by atoms with Crippen LogP contribution in [0.5, 0.6) is 0 Å². The lowest BCUT2D eigenvalue weighted by molar-refractivity contribution is 0.141. The molecule has 3 rings (SSSR count). The van der Waals surface area contributed by atoms with E-state index >= 15 is 0 Å². The topological polar surface area (TPSA) is 35.5 Å². The van der Waals surface area contributed by atoms with Gasteiger partial charge in [-0.15, -0.1) is 12.4 Å². The van der Waals surface area contributed by atoms with E-state index in [-0.39, 0.29) is 18.4 Å². The summed E-state index contributed by atoms with van der Waals surface area (Å²) in [4.78, 5) is 2.38. The summed E-state index contributed by atoms with van der Waals surface area (Å²) in [6.45, 7) is 3.70. The molecule has 4 heteroatoms. The van der Waals surface area contributed by atoms with Gasteiger partial charge in [-0.1, -0.05) is 48.5 Å². The van der Waals surface area contributed by atoms with Gasteiger partial charge in [0.25, 0.3) is 0 Å². The number of benzene rings is 2.